The molecule has 1 saturated carbocycles. The zero-order chi connectivity index (χ0) is 9.97. The molecule has 78 valence electrons. The molecule has 2 rings (SSSR count). The maximum Gasteiger partial charge on any atom is 0.220 e. The molecule has 1 atom stereocenters. The van der Waals surface area contributed by atoms with Crippen LogP contribution in [0.4, 0.5) is 0 Å². The molecule has 1 saturated heterocycles. The van der Waals surface area contributed by atoms with Gasteiger partial charge in [-0.1, -0.05) is 0 Å². The average molecular weight is 213 g/mol. The molecule has 0 aromatic rings. The van der Waals surface area contributed by atoms with Crippen molar-refractivity contribution in [1.82, 2.24) is 16.0 Å². The highest BCUT2D eigenvalue weighted by Gasteiger charge is 2.23. The first-order valence-corrected chi connectivity index (χ1v) is 5.46. The maximum atomic E-state index is 10.9. The lowest BCUT2D eigenvalue weighted by atomic mass is 10.1. The Morgan fingerprint density at radius 1 is 1.57 bits per heavy atom. The Hall–Kier alpha value is -0.840. The van der Waals surface area contributed by atoms with Crippen molar-refractivity contribution in [3.05, 3.63) is 0 Å². The van der Waals surface area contributed by atoms with E-state index in [9.17, 15) is 4.79 Å². The Bertz CT molecular complexity index is 252. The Morgan fingerprint density at radius 3 is 2.93 bits per heavy atom. The third-order valence-electron chi connectivity index (χ3n) is 2.53. The van der Waals surface area contributed by atoms with Crippen LogP contribution in [0.2, 0.25) is 0 Å². The largest absolute Gasteiger partial charge is 0.362 e. The molecule has 3 N–H and O–H groups in total. The van der Waals surface area contributed by atoms with Gasteiger partial charge in [-0.15, -0.1) is 0 Å². The number of carbonyl (C=O) groups excluding carboxylic acids is 1. The summed E-state index contributed by atoms with van der Waals surface area (Å²) in [6.45, 7) is 1.56. The van der Waals surface area contributed by atoms with Crippen LogP contribution in [-0.4, -0.2) is 30.2 Å². The number of hydrogen-bond donors (Lipinski definition) is 3. The lowest BCUT2D eigenvalue weighted by Crippen LogP contribution is -2.39. The normalized spacial score (nSPS) is 25.7. The maximum absolute atomic E-state index is 10.9. The van der Waals surface area contributed by atoms with Crippen molar-refractivity contribution in [2.45, 2.75) is 25.3 Å². The lowest BCUT2D eigenvalue weighted by Gasteiger charge is -2.12. The quantitative estimate of drug-likeness (QED) is 0.566. The zero-order valence-electron chi connectivity index (χ0n) is 8.01. The van der Waals surface area contributed by atoms with Crippen LogP contribution in [0.5, 0.6) is 0 Å². The summed E-state index contributed by atoms with van der Waals surface area (Å²) < 4.78 is 0. The zero-order valence-corrected chi connectivity index (χ0v) is 8.82. The molecule has 1 aliphatic carbocycles. The third-order valence-corrected chi connectivity index (χ3v) is 2.79. The summed E-state index contributed by atoms with van der Waals surface area (Å²) in [4.78, 5) is 10.9. The van der Waals surface area contributed by atoms with Crippen molar-refractivity contribution >= 4 is 23.2 Å². The minimum absolute atomic E-state index is 0.151. The molecule has 2 fully saturated rings. The predicted molar refractivity (Wildman–Crippen MR) is 57.9 cm³/mol. The smallest absolute Gasteiger partial charge is 0.220 e. The second-order valence-corrected chi connectivity index (χ2v) is 4.41. The summed E-state index contributed by atoms with van der Waals surface area (Å²) >= 11 is 5.11. The molecule has 0 aromatic heterocycles. The molecule has 1 aliphatic heterocycles. The first-order valence-electron chi connectivity index (χ1n) is 5.05. The number of carbonyl (C=O) groups is 1. The van der Waals surface area contributed by atoms with Gasteiger partial charge in [0.25, 0.3) is 0 Å². The summed E-state index contributed by atoms with van der Waals surface area (Å²) in [5.74, 6) is 0.541. The Balaban J connectivity index is 1.61. The van der Waals surface area contributed by atoms with Crippen LogP contribution in [0.3, 0.4) is 0 Å². The monoisotopic (exact) mass is 213 g/mol. The summed E-state index contributed by atoms with van der Waals surface area (Å²) in [6, 6.07) is 0.596. The van der Waals surface area contributed by atoms with Gasteiger partial charge in [0.05, 0.1) is 0 Å². The molecule has 0 bridgehead atoms. The lowest BCUT2D eigenvalue weighted by molar-refractivity contribution is -0.119. The molecule has 14 heavy (non-hydrogen) atoms. The van der Waals surface area contributed by atoms with E-state index in [1.165, 1.54) is 12.8 Å². The standard InChI is InChI=1S/C9H15N3OS/c13-8-3-6(4-10-8)5-11-9(14)12-7-1-2-7/h6-7H,1-5H2,(H,10,13)(H2,11,12,14). The predicted octanol–water partition coefficient (Wildman–Crippen LogP) is -0.251. The topological polar surface area (TPSA) is 53.2 Å². The third kappa shape index (κ3) is 2.83. The van der Waals surface area contributed by atoms with E-state index in [0.29, 0.717) is 18.4 Å². The SMILES string of the molecule is O=C1CC(CNC(=S)NC2CC2)CN1. The molecule has 5 heteroatoms. The highest BCUT2D eigenvalue weighted by molar-refractivity contribution is 7.80. The molecule has 4 nitrogen and oxygen atoms in total. The molecule has 1 amide bonds. The minimum atomic E-state index is 0.151. The first kappa shape index (κ1) is 9.71. The van der Waals surface area contributed by atoms with E-state index >= 15 is 0 Å². The van der Waals surface area contributed by atoms with E-state index in [1.807, 2.05) is 0 Å². The van der Waals surface area contributed by atoms with Crippen LogP contribution in [0.1, 0.15) is 19.3 Å². The summed E-state index contributed by atoms with van der Waals surface area (Å²) in [5.41, 5.74) is 0. The molecular weight excluding hydrogens is 198 g/mol. The van der Waals surface area contributed by atoms with Gasteiger partial charge in [0, 0.05) is 31.5 Å². The Labute approximate surface area is 88.8 Å². The second-order valence-electron chi connectivity index (χ2n) is 4.00. The highest BCUT2D eigenvalue weighted by atomic mass is 32.1. The molecule has 1 heterocycles. The molecule has 1 unspecified atom stereocenters. The number of nitrogens with one attached hydrogen (secondary N) is 3. The van der Waals surface area contributed by atoms with Crippen LogP contribution in [0, 0.1) is 5.92 Å². The van der Waals surface area contributed by atoms with Crippen molar-refractivity contribution in [2.24, 2.45) is 5.92 Å². The van der Waals surface area contributed by atoms with Gasteiger partial charge in [0.2, 0.25) is 5.91 Å². The minimum Gasteiger partial charge on any atom is -0.362 e. The van der Waals surface area contributed by atoms with Crippen molar-refractivity contribution in [3.8, 4) is 0 Å². The van der Waals surface area contributed by atoms with Gasteiger partial charge in [-0.25, -0.2) is 0 Å². The number of amides is 1. The Morgan fingerprint density at radius 2 is 2.36 bits per heavy atom. The van der Waals surface area contributed by atoms with Crippen LogP contribution >= 0.6 is 12.2 Å². The highest BCUT2D eigenvalue weighted by Crippen LogP contribution is 2.18. The molecule has 0 spiro atoms. The van der Waals surface area contributed by atoms with Gasteiger partial charge in [-0.05, 0) is 25.1 Å². The fraction of sp³-hybridized carbons (Fsp3) is 0.778. The summed E-state index contributed by atoms with van der Waals surface area (Å²) in [5, 5.41) is 9.88. The van der Waals surface area contributed by atoms with Gasteiger partial charge in [-0.3, -0.25) is 4.79 Å². The Kier molecular flexibility index (Phi) is 2.86. The van der Waals surface area contributed by atoms with Gasteiger partial charge < -0.3 is 16.0 Å². The fourth-order valence-corrected chi connectivity index (χ4v) is 1.76. The van der Waals surface area contributed by atoms with Crippen molar-refractivity contribution in [3.63, 3.8) is 0 Å². The van der Waals surface area contributed by atoms with E-state index in [0.717, 1.165) is 18.2 Å². The van der Waals surface area contributed by atoms with Gasteiger partial charge in [0.1, 0.15) is 0 Å². The number of thiocarbonyl (C=S) groups is 1. The van der Waals surface area contributed by atoms with Crippen LogP contribution in [-0.2, 0) is 4.79 Å². The molecule has 0 aromatic carbocycles. The molecule has 2 aliphatic rings. The van der Waals surface area contributed by atoms with Crippen LogP contribution < -0.4 is 16.0 Å². The molecular formula is C9H15N3OS. The van der Waals surface area contributed by atoms with Gasteiger partial charge in [-0.2, -0.15) is 0 Å². The average Bonchev–Trinajstić information content (AvgIpc) is 2.85. The second kappa shape index (κ2) is 4.13. The number of hydrogen-bond acceptors (Lipinski definition) is 2. The fourth-order valence-electron chi connectivity index (χ4n) is 1.51. The van der Waals surface area contributed by atoms with Crippen LogP contribution in [0.25, 0.3) is 0 Å². The van der Waals surface area contributed by atoms with E-state index in [1.54, 1.807) is 0 Å². The van der Waals surface area contributed by atoms with Gasteiger partial charge >= 0.3 is 0 Å². The van der Waals surface area contributed by atoms with E-state index in [2.05, 4.69) is 16.0 Å². The van der Waals surface area contributed by atoms with Crippen molar-refractivity contribution < 1.29 is 4.79 Å². The van der Waals surface area contributed by atoms with Crippen molar-refractivity contribution in [1.29, 1.82) is 0 Å². The van der Waals surface area contributed by atoms with Crippen molar-refractivity contribution in [2.75, 3.05) is 13.1 Å². The van der Waals surface area contributed by atoms with E-state index in [4.69, 9.17) is 12.2 Å². The summed E-state index contributed by atoms with van der Waals surface area (Å²) in [6.07, 6.45) is 3.08. The van der Waals surface area contributed by atoms with Crippen LogP contribution in [0.15, 0.2) is 0 Å². The molecule has 0 radical (unpaired) electrons. The summed E-state index contributed by atoms with van der Waals surface area (Å²) in [7, 11) is 0. The van der Waals surface area contributed by atoms with E-state index < -0.39 is 0 Å². The first-order chi connectivity index (χ1) is 6.74. The van der Waals surface area contributed by atoms with E-state index in [-0.39, 0.29) is 5.91 Å². The van der Waals surface area contributed by atoms with Gasteiger partial charge in [0.15, 0.2) is 5.11 Å². The number of rotatable bonds is 3.